The van der Waals surface area contributed by atoms with Gasteiger partial charge in [0.05, 0.1) is 0 Å². The maximum atomic E-state index is 6.01. The van der Waals surface area contributed by atoms with Gasteiger partial charge in [-0.05, 0) is 24.6 Å². The van der Waals surface area contributed by atoms with Crippen molar-refractivity contribution in [2.45, 2.75) is 29.7 Å². The molecule has 0 bridgehead atoms. The summed E-state index contributed by atoms with van der Waals surface area (Å²) in [4.78, 5) is 9.84. The van der Waals surface area contributed by atoms with Gasteiger partial charge in [-0.2, -0.15) is 0 Å². The van der Waals surface area contributed by atoms with E-state index >= 15 is 0 Å². The number of rotatable bonds is 4. The molecule has 0 amide bonds. The molecule has 0 aliphatic rings. The number of nitrogens with zero attached hydrogens (tertiary/aromatic N) is 2. The van der Waals surface area contributed by atoms with Crippen LogP contribution in [0.25, 0.3) is 0 Å². The molecular weight excluding hydrogens is 332 g/mol. The highest BCUT2D eigenvalue weighted by Crippen LogP contribution is 2.29. The van der Waals surface area contributed by atoms with Crippen LogP contribution < -0.4 is 0 Å². The zero-order valence-corrected chi connectivity index (χ0v) is 13.0. The Kier molecular flexibility index (Phi) is 5.03. The standard InChI is InChI=1S/C13H12BrClN2S/c1-2-4-12-16-11(15)8-13(17-12)18-10-6-3-5-9(14)7-10/h3,5-8H,2,4H2,1H3. The van der Waals surface area contributed by atoms with Gasteiger partial charge in [0.2, 0.25) is 0 Å². The monoisotopic (exact) mass is 342 g/mol. The molecule has 0 saturated heterocycles. The van der Waals surface area contributed by atoms with Crippen molar-refractivity contribution in [1.29, 1.82) is 0 Å². The van der Waals surface area contributed by atoms with E-state index in [4.69, 9.17) is 11.6 Å². The molecule has 2 nitrogen and oxygen atoms in total. The van der Waals surface area contributed by atoms with Gasteiger partial charge in [-0.15, -0.1) is 0 Å². The number of benzene rings is 1. The zero-order valence-electron chi connectivity index (χ0n) is 9.86. The first kappa shape index (κ1) is 13.8. The topological polar surface area (TPSA) is 25.8 Å². The first-order valence-electron chi connectivity index (χ1n) is 5.64. The molecular formula is C13H12BrClN2S. The molecule has 2 aromatic rings. The third-order valence-corrected chi connectivity index (χ3v) is 3.80. The molecule has 0 saturated carbocycles. The fourth-order valence-corrected chi connectivity index (χ4v) is 3.19. The fourth-order valence-electron chi connectivity index (χ4n) is 1.48. The van der Waals surface area contributed by atoms with Gasteiger partial charge in [-0.1, -0.05) is 52.3 Å². The molecule has 0 aliphatic carbocycles. The van der Waals surface area contributed by atoms with Crippen molar-refractivity contribution in [2.24, 2.45) is 0 Å². The zero-order chi connectivity index (χ0) is 13.0. The van der Waals surface area contributed by atoms with Crippen LogP contribution in [0.2, 0.25) is 5.15 Å². The smallest absolute Gasteiger partial charge is 0.133 e. The van der Waals surface area contributed by atoms with Gasteiger partial charge in [-0.3, -0.25) is 0 Å². The largest absolute Gasteiger partial charge is 0.226 e. The second-order valence-corrected chi connectivity index (χ2v) is 6.15. The van der Waals surface area contributed by atoms with Crippen molar-refractivity contribution in [3.05, 3.63) is 45.8 Å². The van der Waals surface area contributed by atoms with Crippen LogP contribution in [-0.4, -0.2) is 9.97 Å². The Bertz CT molecular complexity index is 548. The van der Waals surface area contributed by atoms with E-state index in [0.717, 1.165) is 33.1 Å². The average Bonchev–Trinajstić information content (AvgIpc) is 2.28. The van der Waals surface area contributed by atoms with Crippen molar-refractivity contribution in [1.82, 2.24) is 9.97 Å². The average molecular weight is 344 g/mol. The van der Waals surface area contributed by atoms with E-state index in [1.807, 2.05) is 18.2 Å². The summed E-state index contributed by atoms with van der Waals surface area (Å²) < 4.78 is 1.06. The minimum absolute atomic E-state index is 0.506. The Morgan fingerprint density at radius 3 is 2.83 bits per heavy atom. The van der Waals surface area contributed by atoms with E-state index < -0.39 is 0 Å². The molecule has 0 aliphatic heterocycles. The maximum Gasteiger partial charge on any atom is 0.133 e. The molecule has 0 unspecified atom stereocenters. The van der Waals surface area contributed by atoms with Crippen molar-refractivity contribution < 1.29 is 0 Å². The highest BCUT2D eigenvalue weighted by Gasteiger charge is 2.05. The Hall–Kier alpha value is -0.580. The lowest BCUT2D eigenvalue weighted by Crippen LogP contribution is -1.96. The fraction of sp³-hybridized carbons (Fsp3) is 0.231. The van der Waals surface area contributed by atoms with Crippen LogP contribution in [0.15, 0.2) is 44.7 Å². The molecule has 0 N–H and O–H groups in total. The molecule has 0 radical (unpaired) electrons. The molecule has 0 spiro atoms. The van der Waals surface area contributed by atoms with Gasteiger partial charge in [0.15, 0.2) is 0 Å². The van der Waals surface area contributed by atoms with Crippen LogP contribution >= 0.6 is 39.3 Å². The van der Waals surface area contributed by atoms with Gasteiger partial charge in [0.25, 0.3) is 0 Å². The summed E-state index contributed by atoms with van der Waals surface area (Å²) in [6.45, 7) is 2.10. The summed E-state index contributed by atoms with van der Waals surface area (Å²) in [5, 5.41) is 1.39. The summed E-state index contributed by atoms with van der Waals surface area (Å²) in [6, 6.07) is 9.90. The molecule has 1 heterocycles. The second kappa shape index (κ2) is 6.55. The van der Waals surface area contributed by atoms with Gasteiger partial charge < -0.3 is 0 Å². The number of halogens is 2. The van der Waals surface area contributed by atoms with Crippen molar-refractivity contribution >= 4 is 39.3 Å². The minimum atomic E-state index is 0.506. The minimum Gasteiger partial charge on any atom is -0.226 e. The summed E-state index contributed by atoms with van der Waals surface area (Å²) in [5.74, 6) is 0.808. The third-order valence-electron chi connectivity index (χ3n) is 2.21. The molecule has 0 fully saturated rings. The van der Waals surface area contributed by atoms with E-state index in [-0.39, 0.29) is 0 Å². The SMILES string of the molecule is CCCc1nc(Cl)cc(Sc2cccc(Br)c2)n1. The molecule has 1 aromatic heterocycles. The van der Waals surface area contributed by atoms with Crippen molar-refractivity contribution in [3.63, 3.8) is 0 Å². The van der Waals surface area contributed by atoms with Crippen LogP contribution in [0.1, 0.15) is 19.2 Å². The van der Waals surface area contributed by atoms with Crippen LogP contribution in [0.3, 0.4) is 0 Å². The Morgan fingerprint density at radius 1 is 1.28 bits per heavy atom. The first-order valence-corrected chi connectivity index (χ1v) is 7.63. The lowest BCUT2D eigenvalue weighted by Gasteiger charge is -2.04. The molecule has 5 heteroatoms. The first-order chi connectivity index (χ1) is 8.67. The molecule has 1 aromatic carbocycles. The summed E-state index contributed by atoms with van der Waals surface area (Å²) in [5.41, 5.74) is 0. The Morgan fingerprint density at radius 2 is 2.11 bits per heavy atom. The summed E-state index contributed by atoms with van der Waals surface area (Å²) in [7, 11) is 0. The van der Waals surface area contributed by atoms with Crippen LogP contribution in [0.5, 0.6) is 0 Å². The van der Waals surface area contributed by atoms with E-state index in [1.54, 1.807) is 17.8 Å². The number of hydrogen-bond donors (Lipinski definition) is 0. The van der Waals surface area contributed by atoms with Gasteiger partial charge >= 0.3 is 0 Å². The highest BCUT2D eigenvalue weighted by molar-refractivity contribution is 9.10. The maximum absolute atomic E-state index is 6.01. The van der Waals surface area contributed by atoms with Crippen LogP contribution in [-0.2, 0) is 6.42 Å². The normalized spacial score (nSPS) is 10.6. The quantitative estimate of drug-likeness (QED) is 0.731. The molecule has 18 heavy (non-hydrogen) atoms. The van der Waals surface area contributed by atoms with E-state index in [2.05, 4.69) is 38.9 Å². The number of hydrogen-bond acceptors (Lipinski definition) is 3. The molecule has 94 valence electrons. The Labute approximate surface area is 124 Å². The lowest BCUT2D eigenvalue weighted by atomic mass is 10.3. The number of aromatic nitrogens is 2. The van der Waals surface area contributed by atoms with Gasteiger partial charge in [-0.25, -0.2) is 9.97 Å². The van der Waals surface area contributed by atoms with Crippen LogP contribution in [0, 0.1) is 0 Å². The molecule has 2 rings (SSSR count). The van der Waals surface area contributed by atoms with Crippen molar-refractivity contribution in [2.75, 3.05) is 0 Å². The van der Waals surface area contributed by atoms with Gasteiger partial charge in [0, 0.05) is 21.9 Å². The second-order valence-electron chi connectivity index (χ2n) is 3.75. The van der Waals surface area contributed by atoms with Gasteiger partial charge in [0.1, 0.15) is 16.0 Å². The van der Waals surface area contributed by atoms with Crippen molar-refractivity contribution in [3.8, 4) is 0 Å². The lowest BCUT2D eigenvalue weighted by molar-refractivity contribution is 0.810. The molecule has 0 atom stereocenters. The Balaban J connectivity index is 2.23. The summed E-state index contributed by atoms with van der Waals surface area (Å²) in [6.07, 6.45) is 1.87. The third kappa shape index (κ3) is 3.97. The highest BCUT2D eigenvalue weighted by atomic mass is 79.9. The predicted octanol–water partition coefficient (Wildman–Crippen LogP) is 5.00. The van der Waals surface area contributed by atoms with E-state index in [1.165, 1.54) is 0 Å². The van der Waals surface area contributed by atoms with E-state index in [9.17, 15) is 0 Å². The van der Waals surface area contributed by atoms with Crippen LogP contribution in [0.4, 0.5) is 0 Å². The predicted molar refractivity (Wildman–Crippen MR) is 79.3 cm³/mol. The summed E-state index contributed by atoms with van der Waals surface area (Å²) >= 11 is 11.1. The van der Waals surface area contributed by atoms with E-state index in [0.29, 0.717) is 5.15 Å². The number of aryl methyl sites for hydroxylation is 1.